The molecule has 0 aromatic heterocycles. The first-order valence-corrected chi connectivity index (χ1v) is 8.00. The summed E-state index contributed by atoms with van der Waals surface area (Å²) in [4.78, 5) is 34.5. The molecule has 6 nitrogen and oxygen atoms in total. The molecule has 2 aromatic carbocycles. The molecule has 0 unspecified atom stereocenters. The van der Waals surface area contributed by atoms with Gasteiger partial charge in [0.15, 0.2) is 0 Å². The summed E-state index contributed by atoms with van der Waals surface area (Å²) in [7, 11) is 0. The molecule has 130 valence electrons. The maximum atomic E-state index is 11.9. The lowest BCUT2D eigenvalue weighted by Crippen LogP contribution is -2.28. The summed E-state index contributed by atoms with van der Waals surface area (Å²) < 4.78 is 0. The Labute approximate surface area is 146 Å². The van der Waals surface area contributed by atoms with Crippen molar-refractivity contribution in [3.63, 3.8) is 0 Å². The Morgan fingerprint density at radius 2 is 1.44 bits per heavy atom. The van der Waals surface area contributed by atoms with Crippen LogP contribution in [0.2, 0.25) is 0 Å². The third-order valence-electron chi connectivity index (χ3n) is 3.50. The van der Waals surface area contributed by atoms with E-state index in [4.69, 9.17) is 5.73 Å². The van der Waals surface area contributed by atoms with E-state index in [-0.39, 0.29) is 31.2 Å². The summed E-state index contributed by atoms with van der Waals surface area (Å²) in [6.07, 6.45) is 0.648. The predicted octanol–water partition coefficient (Wildman–Crippen LogP) is 1.40. The highest BCUT2D eigenvalue weighted by atomic mass is 16.2. The molecule has 2 rings (SSSR count). The average molecular weight is 339 g/mol. The molecular weight excluding hydrogens is 318 g/mol. The van der Waals surface area contributed by atoms with Crippen molar-refractivity contribution in [3.05, 3.63) is 65.7 Å². The first-order valence-electron chi connectivity index (χ1n) is 8.00. The minimum atomic E-state index is -0.400. The van der Waals surface area contributed by atoms with Gasteiger partial charge in [0.05, 0.1) is 12.8 Å². The van der Waals surface area contributed by atoms with Crippen molar-refractivity contribution in [2.24, 2.45) is 5.73 Å². The van der Waals surface area contributed by atoms with Crippen LogP contribution in [0.5, 0.6) is 0 Å². The summed E-state index contributed by atoms with van der Waals surface area (Å²) >= 11 is 0. The molecule has 0 aliphatic carbocycles. The molecule has 0 aliphatic heterocycles. The van der Waals surface area contributed by atoms with Crippen molar-refractivity contribution in [3.8, 4) is 0 Å². The first kappa shape index (κ1) is 18.2. The zero-order valence-corrected chi connectivity index (χ0v) is 13.8. The van der Waals surface area contributed by atoms with Crippen LogP contribution in [-0.2, 0) is 27.2 Å². The topological polar surface area (TPSA) is 101 Å². The lowest BCUT2D eigenvalue weighted by molar-refractivity contribution is -0.121. The number of hydrogen-bond acceptors (Lipinski definition) is 3. The second kappa shape index (κ2) is 9.22. The molecule has 0 saturated carbocycles. The van der Waals surface area contributed by atoms with Crippen LogP contribution in [0.1, 0.15) is 17.5 Å². The molecule has 4 N–H and O–H groups in total. The van der Waals surface area contributed by atoms with E-state index in [1.54, 1.807) is 24.3 Å². The van der Waals surface area contributed by atoms with Gasteiger partial charge in [0.1, 0.15) is 0 Å². The molecule has 25 heavy (non-hydrogen) atoms. The normalized spacial score (nSPS) is 10.1. The fourth-order valence-electron chi connectivity index (χ4n) is 2.29. The maximum Gasteiger partial charge on any atom is 0.226 e. The second-order valence-electron chi connectivity index (χ2n) is 5.65. The zero-order valence-electron chi connectivity index (χ0n) is 13.8. The van der Waals surface area contributed by atoms with Gasteiger partial charge in [-0.3, -0.25) is 14.4 Å². The number of primary amides is 1. The third kappa shape index (κ3) is 6.87. The number of rotatable bonds is 8. The second-order valence-corrected chi connectivity index (χ2v) is 5.65. The molecular formula is C19H21N3O3. The van der Waals surface area contributed by atoms with E-state index < -0.39 is 5.91 Å². The highest BCUT2D eigenvalue weighted by Crippen LogP contribution is 2.10. The van der Waals surface area contributed by atoms with Gasteiger partial charge in [-0.2, -0.15) is 0 Å². The van der Waals surface area contributed by atoms with Crippen LogP contribution in [0, 0.1) is 0 Å². The SMILES string of the molecule is NC(=O)Cc1ccc(NC(=O)CCNC(=O)Cc2ccccc2)cc1. The van der Waals surface area contributed by atoms with Gasteiger partial charge in [-0.05, 0) is 23.3 Å². The number of hydrogen-bond donors (Lipinski definition) is 3. The maximum absolute atomic E-state index is 11.9. The van der Waals surface area contributed by atoms with Crippen molar-refractivity contribution in [2.75, 3.05) is 11.9 Å². The summed E-state index contributed by atoms with van der Waals surface area (Å²) in [5.74, 6) is -0.708. The Morgan fingerprint density at radius 3 is 2.08 bits per heavy atom. The van der Waals surface area contributed by atoms with Crippen LogP contribution in [-0.4, -0.2) is 24.3 Å². The van der Waals surface area contributed by atoms with Crippen LogP contribution in [0.25, 0.3) is 0 Å². The molecule has 3 amide bonds. The Morgan fingerprint density at radius 1 is 0.800 bits per heavy atom. The van der Waals surface area contributed by atoms with E-state index in [0.717, 1.165) is 11.1 Å². The van der Waals surface area contributed by atoms with E-state index >= 15 is 0 Å². The van der Waals surface area contributed by atoms with Crippen molar-refractivity contribution in [1.29, 1.82) is 0 Å². The number of nitrogens with one attached hydrogen (secondary N) is 2. The lowest BCUT2D eigenvalue weighted by atomic mass is 10.1. The number of carbonyl (C=O) groups excluding carboxylic acids is 3. The third-order valence-corrected chi connectivity index (χ3v) is 3.50. The van der Waals surface area contributed by atoms with Crippen LogP contribution in [0.4, 0.5) is 5.69 Å². The van der Waals surface area contributed by atoms with Gasteiger partial charge < -0.3 is 16.4 Å². The quantitative estimate of drug-likeness (QED) is 0.677. The summed E-state index contributed by atoms with van der Waals surface area (Å²) in [6, 6.07) is 16.3. The van der Waals surface area contributed by atoms with E-state index in [1.165, 1.54) is 0 Å². The monoisotopic (exact) mass is 339 g/mol. The molecule has 0 aliphatic rings. The highest BCUT2D eigenvalue weighted by Gasteiger charge is 2.06. The molecule has 0 bridgehead atoms. The lowest BCUT2D eigenvalue weighted by Gasteiger charge is -2.07. The van der Waals surface area contributed by atoms with Crippen molar-refractivity contribution >= 4 is 23.4 Å². The van der Waals surface area contributed by atoms with Gasteiger partial charge in [-0.1, -0.05) is 42.5 Å². The molecule has 6 heteroatoms. The first-order chi connectivity index (χ1) is 12.0. The fourth-order valence-corrected chi connectivity index (χ4v) is 2.29. The summed E-state index contributed by atoms with van der Waals surface area (Å²) in [6.45, 7) is 0.275. The highest BCUT2D eigenvalue weighted by molar-refractivity contribution is 5.91. The van der Waals surface area contributed by atoms with E-state index in [1.807, 2.05) is 30.3 Å². The molecule has 0 atom stereocenters. The van der Waals surface area contributed by atoms with E-state index in [9.17, 15) is 14.4 Å². The van der Waals surface area contributed by atoms with Gasteiger partial charge in [0.2, 0.25) is 17.7 Å². The van der Waals surface area contributed by atoms with Gasteiger partial charge in [-0.15, -0.1) is 0 Å². The number of carbonyl (C=O) groups is 3. The Hall–Kier alpha value is -3.15. The van der Waals surface area contributed by atoms with Crippen LogP contribution in [0.3, 0.4) is 0 Å². The molecule has 2 aromatic rings. The number of nitrogens with two attached hydrogens (primary N) is 1. The Balaban J connectivity index is 1.70. The average Bonchev–Trinajstić information content (AvgIpc) is 2.57. The molecule has 0 fully saturated rings. The smallest absolute Gasteiger partial charge is 0.226 e. The predicted molar refractivity (Wildman–Crippen MR) is 95.7 cm³/mol. The van der Waals surface area contributed by atoms with Crippen LogP contribution in [0.15, 0.2) is 54.6 Å². The number of anilines is 1. The largest absolute Gasteiger partial charge is 0.369 e. The molecule has 0 radical (unpaired) electrons. The molecule has 0 heterocycles. The fraction of sp³-hybridized carbons (Fsp3) is 0.211. The van der Waals surface area contributed by atoms with Gasteiger partial charge in [0.25, 0.3) is 0 Å². The standard InChI is InChI=1S/C19H21N3O3/c20-17(23)12-15-6-8-16(9-7-15)22-18(24)10-11-21-19(25)13-14-4-2-1-3-5-14/h1-9H,10-13H2,(H2,20,23)(H,21,25)(H,22,24). The number of amides is 3. The van der Waals surface area contributed by atoms with Crippen molar-refractivity contribution in [2.45, 2.75) is 19.3 Å². The van der Waals surface area contributed by atoms with Crippen LogP contribution < -0.4 is 16.4 Å². The van der Waals surface area contributed by atoms with E-state index in [0.29, 0.717) is 12.1 Å². The minimum Gasteiger partial charge on any atom is -0.369 e. The molecule has 0 saturated heterocycles. The Bertz CT molecular complexity index is 727. The van der Waals surface area contributed by atoms with Crippen molar-refractivity contribution in [1.82, 2.24) is 5.32 Å². The molecule has 0 spiro atoms. The van der Waals surface area contributed by atoms with Gasteiger partial charge >= 0.3 is 0 Å². The summed E-state index contributed by atoms with van der Waals surface area (Å²) in [5, 5.41) is 5.47. The van der Waals surface area contributed by atoms with Gasteiger partial charge in [-0.25, -0.2) is 0 Å². The Kier molecular flexibility index (Phi) is 6.71. The van der Waals surface area contributed by atoms with E-state index in [2.05, 4.69) is 10.6 Å². The zero-order chi connectivity index (χ0) is 18.1. The van der Waals surface area contributed by atoms with Crippen LogP contribution >= 0.6 is 0 Å². The van der Waals surface area contributed by atoms with Gasteiger partial charge in [0, 0.05) is 18.7 Å². The summed E-state index contributed by atoms with van der Waals surface area (Å²) in [5.41, 5.74) is 7.48. The number of benzene rings is 2. The van der Waals surface area contributed by atoms with Crippen molar-refractivity contribution < 1.29 is 14.4 Å². The minimum absolute atomic E-state index is 0.116.